The number of alkyl halides is 3. The lowest BCUT2D eigenvalue weighted by molar-refractivity contribution is -0.137. The summed E-state index contributed by atoms with van der Waals surface area (Å²) in [4.78, 5) is 25.6. The molecule has 2 heterocycles. The van der Waals surface area contributed by atoms with E-state index < -0.39 is 17.7 Å². The predicted molar refractivity (Wildman–Crippen MR) is 126 cm³/mol. The summed E-state index contributed by atoms with van der Waals surface area (Å²) in [7, 11) is 1.57. The lowest BCUT2D eigenvalue weighted by atomic mass is 10.0. The standard InChI is InChI=1S/C26H23F3N4O3/c1-4-36-25(34)20-13-30-23(32-24(20)18-6-8-19(9-7-18)26(27,28)29)12-17-5-10-21(22(11-17)35-3)33-14-16(2)31-15-33/h5-11,13-15H,4,12H2,1-3H3. The van der Waals surface area contributed by atoms with Crippen molar-refractivity contribution in [2.45, 2.75) is 26.4 Å². The number of nitrogens with zero attached hydrogens (tertiary/aromatic N) is 4. The van der Waals surface area contributed by atoms with Crippen LogP contribution in [-0.4, -0.2) is 39.2 Å². The zero-order chi connectivity index (χ0) is 25.9. The van der Waals surface area contributed by atoms with Crippen molar-refractivity contribution in [2.24, 2.45) is 0 Å². The summed E-state index contributed by atoms with van der Waals surface area (Å²) in [6.45, 7) is 3.69. The third kappa shape index (κ3) is 5.37. The van der Waals surface area contributed by atoms with E-state index >= 15 is 0 Å². The molecule has 186 valence electrons. The molecule has 2 aromatic heterocycles. The van der Waals surface area contributed by atoms with E-state index in [0.717, 1.165) is 29.1 Å². The van der Waals surface area contributed by atoms with E-state index in [0.29, 0.717) is 23.6 Å². The second-order valence-corrected chi connectivity index (χ2v) is 7.95. The van der Waals surface area contributed by atoms with Gasteiger partial charge in [-0.15, -0.1) is 0 Å². The zero-order valence-corrected chi connectivity index (χ0v) is 19.8. The van der Waals surface area contributed by atoms with Crippen molar-refractivity contribution in [3.05, 3.63) is 89.4 Å². The SMILES string of the molecule is CCOC(=O)c1cnc(Cc2ccc(-n3cnc(C)c3)c(OC)c2)nc1-c1ccc(C(F)(F)F)cc1. The number of esters is 1. The zero-order valence-electron chi connectivity index (χ0n) is 19.8. The Morgan fingerprint density at radius 3 is 2.44 bits per heavy atom. The van der Waals surface area contributed by atoms with Gasteiger partial charge in [-0.2, -0.15) is 13.2 Å². The molecule has 0 bridgehead atoms. The largest absolute Gasteiger partial charge is 0.495 e. The number of rotatable bonds is 7. The van der Waals surface area contributed by atoms with Gasteiger partial charge in [-0.3, -0.25) is 0 Å². The normalized spacial score (nSPS) is 11.4. The van der Waals surface area contributed by atoms with Crippen molar-refractivity contribution in [2.75, 3.05) is 13.7 Å². The average Bonchev–Trinajstić information content (AvgIpc) is 3.29. The van der Waals surface area contributed by atoms with Gasteiger partial charge in [0.1, 0.15) is 17.1 Å². The van der Waals surface area contributed by atoms with Crippen LogP contribution in [0.25, 0.3) is 16.9 Å². The number of hydrogen-bond donors (Lipinski definition) is 0. The summed E-state index contributed by atoms with van der Waals surface area (Å²) in [6.07, 6.45) is 0.745. The Labute approximate surface area is 205 Å². The van der Waals surface area contributed by atoms with Gasteiger partial charge < -0.3 is 14.0 Å². The minimum absolute atomic E-state index is 0.0729. The highest BCUT2D eigenvalue weighted by molar-refractivity contribution is 5.95. The Bertz CT molecular complexity index is 1380. The van der Waals surface area contributed by atoms with Gasteiger partial charge in [-0.25, -0.2) is 19.7 Å². The van der Waals surface area contributed by atoms with Crippen LogP contribution in [0.2, 0.25) is 0 Å². The lowest BCUT2D eigenvalue weighted by Crippen LogP contribution is -2.11. The molecule has 2 aromatic carbocycles. The van der Waals surface area contributed by atoms with E-state index in [1.807, 2.05) is 35.9 Å². The second-order valence-electron chi connectivity index (χ2n) is 7.95. The second kappa shape index (κ2) is 10.2. The molecular weight excluding hydrogens is 473 g/mol. The smallest absolute Gasteiger partial charge is 0.416 e. The third-order valence-electron chi connectivity index (χ3n) is 5.42. The molecule has 0 atom stereocenters. The van der Waals surface area contributed by atoms with E-state index in [-0.39, 0.29) is 17.9 Å². The number of aryl methyl sites for hydroxylation is 1. The molecule has 0 aliphatic heterocycles. The van der Waals surface area contributed by atoms with Crippen LogP contribution in [0.5, 0.6) is 5.75 Å². The number of carbonyl (C=O) groups excluding carboxylic acids is 1. The number of methoxy groups -OCH3 is 1. The van der Waals surface area contributed by atoms with Crippen LogP contribution in [0.4, 0.5) is 13.2 Å². The van der Waals surface area contributed by atoms with Crippen LogP contribution in [0, 0.1) is 6.92 Å². The summed E-state index contributed by atoms with van der Waals surface area (Å²) in [6, 6.07) is 10.1. The predicted octanol–water partition coefficient (Wildman–Crippen LogP) is 5.43. The first-order valence-electron chi connectivity index (χ1n) is 11.1. The molecule has 4 rings (SSSR count). The van der Waals surface area contributed by atoms with Gasteiger partial charge >= 0.3 is 12.1 Å². The van der Waals surface area contributed by atoms with Crippen LogP contribution in [-0.2, 0) is 17.3 Å². The van der Waals surface area contributed by atoms with E-state index in [1.165, 1.54) is 18.3 Å². The molecule has 4 aromatic rings. The first-order chi connectivity index (χ1) is 17.2. The van der Waals surface area contributed by atoms with Crippen molar-refractivity contribution in [1.82, 2.24) is 19.5 Å². The summed E-state index contributed by atoms with van der Waals surface area (Å²) < 4.78 is 51.6. The van der Waals surface area contributed by atoms with Crippen LogP contribution in [0.15, 0.2) is 61.2 Å². The molecule has 0 saturated carbocycles. The fourth-order valence-electron chi connectivity index (χ4n) is 3.68. The van der Waals surface area contributed by atoms with Gasteiger partial charge in [-0.05, 0) is 43.7 Å². The number of benzene rings is 2. The summed E-state index contributed by atoms with van der Waals surface area (Å²) in [5.74, 6) is 0.350. The van der Waals surface area contributed by atoms with Gasteiger partial charge in [0.15, 0.2) is 0 Å². The van der Waals surface area contributed by atoms with Gasteiger partial charge in [0.05, 0.1) is 42.7 Å². The van der Waals surface area contributed by atoms with Crippen molar-refractivity contribution < 1.29 is 27.4 Å². The van der Waals surface area contributed by atoms with Crippen molar-refractivity contribution in [1.29, 1.82) is 0 Å². The van der Waals surface area contributed by atoms with E-state index in [9.17, 15) is 18.0 Å². The number of halogens is 3. The molecule has 0 aliphatic rings. The number of carbonyl (C=O) groups is 1. The highest BCUT2D eigenvalue weighted by atomic mass is 19.4. The molecule has 0 fully saturated rings. The molecule has 10 heteroatoms. The Morgan fingerprint density at radius 2 is 1.83 bits per heavy atom. The van der Waals surface area contributed by atoms with Crippen LogP contribution in [0.3, 0.4) is 0 Å². The topological polar surface area (TPSA) is 79.1 Å². The lowest BCUT2D eigenvalue weighted by Gasteiger charge is -2.13. The fourth-order valence-corrected chi connectivity index (χ4v) is 3.68. The highest BCUT2D eigenvalue weighted by Crippen LogP contribution is 2.32. The summed E-state index contributed by atoms with van der Waals surface area (Å²) in [5.41, 5.74) is 2.34. The quantitative estimate of drug-likeness (QED) is 0.318. The molecule has 0 amide bonds. The first-order valence-corrected chi connectivity index (χ1v) is 11.1. The number of hydrogen-bond acceptors (Lipinski definition) is 6. The van der Waals surface area contributed by atoms with E-state index in [1.54, 1.807) is 20.4 Å². The summed E-state index contributed by atoms with van der Waals surface area (Å²) in [5, 5.41) is 0. The average molecular weight is 496 g/mol. The first kappa shape index (κ1) is 24.9. The fraction of sp³-hybridized carbons (Fsp3) is 0.231. The minimum atomic E-state index is -4.47. The molecule has 36 heavy (non-hydrogen) atoms. The van der Waals surface area contributed by atoms with Gasteiger partial charge in [0.2, 0.25) is 0 Å². The summed E-state index contributed by atoms with van der Waals surface area (Å²) >= 11 is 0. The van der Waals surface area contributed by atoms with E-state index in [2.05, 4.69) is 15.0 Å². The maximum absolute atomic E-state index is 13.0. The highest BCUT2D eigenvalue weighted by Gasteiger charge is 2.30. The third-order valence-corrected chi connectivity index (χ3v) is 5.42. The molecule has 0 N–H and O–H groups in total. The van der Waals surface area contributed by atoms with Crippen LogP contribution in [0.1, 0.15) is 39.9 Å². The molecule has 0 aliphatic carbocycles. The molecule has 0 spiro atoms. The van der Waals surface area contributed by atoms with Gasteiger partial charge in [0, 0.05) is 24.4 Å². The van der Waals surface area contributed by atoms with Crippen LogP contribution < -0.4 is 4.74 Å². The Kier molecular flexibility index (Phi) is 7.05. The minimum Gasteiger partial charge on any atom is -0.495 e. The maximum Gasteiger partial charge on any atom is 0.416 e. The molecule has 0 unspecified atom stereocenters. The van der Waals surface area contributed by atoms with E-state index in [4.69, 9.17) is 9.47 Å². The molecule has 7 nitrogen and oxygen atoms in total. The number of imidazole rings is 1. The van der Waals surface area contributed by atoms with Crippen molar-refractivity contribution in [3.8, 4) is 22.7 Å². The van der Waals surface area contributed by atoms with Crippen molar-refractivity contribution in [3.63, 3.8) is 0 Å². The Morgan fingerprint density at radius 1 is 1.08 bits per heavy atom. The van der Waals surface area contributed by atoms with Gasteiger partial charge in [-0.1, -0.05) is 18.2 Å². The van der Waals surface area contributed by atoms with Gasteiger partial charge in [0.25, 0.3) is 0 Å². The van der Waals surface area contributed by atoms with Crippen LogP contribution >= 0.6 is 0 Å². The maximum atomic E-state index is 13.0. The Hall–Kier alpha value is -4.21. The molecule has 0 radical (unpaired) electrons. The monoisotopic (exact) mass is 496 g/mol. The number of aromatic nitrogens is 4. The molecule has 0 saturated heterocycles. The number of ether oxygens (including phenoxy) is 2. The Balaban J connectivity index is 1.69. The molecular formula is C26H23F3N4O3. The van der Waals surface area contributed by atoms with Crippen molar-refractivity contribution >= 4 is 5.97 Å².